The number of carbonyl (C=O) groups excluding carboxylic acids is 2. The smallest absolute Gasteiger partial charge is 0.421 e. The number of anilines is 1. The fourth-order valence-electron chi connectivity index (χ4n) is 3.68. The molecule has 6 heteroatoms. The van der Waals surface area contributed by atoms with Crippen molar-refractivity contribution in [3.8, 4) is 6.07 Å². The topological polar surface area (TPSA) is 70.4 Å². The fraction of sp³-hybridized carbons (Fsp3) is 0.348. The molecule has 0 aromatic heterocycles. The minimum Gasteiger partial charge on any atom is -0.443 e. The zero-order chi connectivity index (χ0) is 21.4. The van der Waals surface area contributed by atoms with E-state index in [4.69, 9.17) is 16.3 Å². The van der Waals surface area contributed by atoms with E-state index in [2.05, 4.69) is 0 Å². The molecule has 0 unspecified atom stereocenters. The summed E-state index contributed by atoms with van der Waals surface area (Å²) >= 11 is 6.23. The minimum atomic E-state index is -1.25. The Kier molecular flexibility index (Phi) is 5.42. The number of amides is 2. The van der Waals surface area contributed by atoms with E-state index < -0.39 is 28.4 Å². The number of benzene rings is 2. The van der Waals surface area contributed by atoms with Crippen LogP contribution in [0.2, 0.25) is 0 Å². The van der Waals surface area contributed by atoms with Gasteiger partial charge in [-0.2, -0.15) is 5.26 Å². The van der Waals surface area contributed by atoms with Crippen LogP contribution in [0.5, 0.6) is 0 Å². The number of para-hydroxylation sites is 1. The first kappa shape index (κ1) is 20.9. The molecule has 29 heavy (non-hydrogen) atoms. The van der Waals surface area contributed by atoms with Gasteiger partial charge in [-0.3, -0.25) is 4.79 Å². The summed E-state index contributed by atoms with van der Waals surface area (Å²) in [6.07, 6.45) is -0.699. The largest absolute Gasteiger partial charge is 0.443 e. The molecule has 0 fully saturated rings. The molecule has 1 aliphatic rings. The van der Waals surface area contributed by atoms with Crippen molar-refractivity contribution >= 4 is 29.3 Å². The van der Waals surface area contributed by atoms with Crippen LogP contribution in [0.1, 0.15) is 43.9 Å². The normalized spacial score (nSPS) is 19.4. The number of ether oxygens (including phenoxy) is 1. The highest BCUT2D eigenvalue weighted by molar-refractivity contribution is 6.25. The molecule has 0 saturated heterocycles. The molecule has 0 N–H and O–H groups in total. The molecule has 2 aromatic rings. The molecule has 1 aliphatic heterocycles. The summed E-state index contributed by atoms with van der Waals surface area (Å²) < 4.78 is 5.50. The molecule has 3 rings (SSSR count). The van der Waals surface area contributed by atoms with E-state index in [0.717, 1.165) is 10.5 Å². The van der Waals surface area contributed by atoms with E-state index in [1.54, 1.807) is 39.0 Å². The molecule has 2 atom stereocenters. The summed E-state index contributed by atoms with van der Waals surface area (Å²) in [7, 11) is 0. The first-order chi connectivity index (χ1) is 13.6. The highest BCUT2D eigenvalue weighted by atomic mass is 35.5. The molecule has 5 nitrogen and oxygen atoms in total. The summed E-state index contributed by atoms with van der Waals surface area (Å²) in [5.74, 6) is -0.460. The highest BCUT2D eigenvalue weighted by Crippen LogP contribution is 2.49. The highest BCUT2D eigenvalue weighted by Gasteiger charge is 2.55. The van der Waals surface area contributed by atoms with Crippen LogP contribution >= 0.6 is 11.6 Å². The zero-order valence-corrected chi connectivity index (χ0v) is 17.7. The van der Waals surface area contributed by atoms with E-state index in [9.17, 15) is 14.9 Å². The maximum Gasteiger partial charge on any atom is 0.421 e. The quantitative estimate of drug-likeness (QED) is 0.661. The van der Waals surface area contributed by atoms with E-state index >= 15 is 0 Å². The summed E-state index contributed by atoms with van der Waals surface area (Å²) in [5, 5.41) is 8.45. The van der Waals surface area contributed by atoms with Crippen LogP contribution in [-0.2, 0) is 14.9 Å². The third-order valence-electron chi connectivity index (χ3n) is 4.92. The Morgan fingerprint density at radius 2 is 1.83 bits per heavy atom. The Morgan fingerprint density at radius 3 is 2.41 bits per heavy atom. The summed E-state index contributed by atoms with van der Waals surface area (Å²) in [6.45, 7) is 7.19. The number of carbonyl (C=O) groups is 2. The molecular weight excluding hydrogens is 388 g/mol. The molecular formula is C23H23ClN2O3. The van der Waals surface area contributed by atoms with Crippen molar-refractivity contribution in [2.45, 2.75) is 50.5 Å². The number of rotatable bonds is 3. The molecule has 0 saturated carbocycles. The van der Waals surface area contributed by atoms with Crippen LogP contribution in [0, 0.1) is 18.3 Å². The van der Waals surface area contributed by atoms with Gasteiger partial charge >= 0.3 is 6.09 Å². The number of alkyl halides is 1. The lowest BCUT2D eigenvalue weighted by Gasteiger charge is -2.30. The number of hydrogen-bond donors (Lipinski definition) is 0. The summed E-state index contributed by atoms with van der Waals surface area (Å²) in [4.78, 5) is 27.8. The van der Waals surface area contributed by atoms with Crippen molar-refractivity contribution in [2.24, 2.45) is 0 Å². The minimum absolute atomic E-state index is 0.0449. The van der Waals surface area contributed by atoms with Gasteiger partial charge in [0.05, 0.1) is 11.8 Å². The second-order valence-corrected chi connectivity index (χ2v) is 8.74. The predicted octanol–water partition coefficient (Wildman–Crippen LogP) is 5.08. The van der Waals surface area contributed by atoms with Gasteiger partial charge in [-0.25, -0.2) is 9.69 Å². The monoisotopic (exact) mass is 410 g/mol. The molecule has 2 amide bonds. The lowest BCUT2D eigenvalue weighted by Crippen LogP contribution is -2.46. The van der Waals surface area contributed by atoms with Crippen molar-refractivity contribution in [3.63, 3.8) is 0 Å². The average Bonchev–Trinajstić information content (AvgIpc) is 2.90. The second kappa shape index (κ2) is 7.53. The van der Waals surface area contributed by atoms with Gasteiger partial charge in [-0.15, -0.1) is 11.6 Å². The number of hydrogen-bond acceptors (Lipinski definition) is 4. The van der Waals surface area contributed by atoms with Gasteiger partial charge in [0, 0.05) is 0 Å². The number of nitriles is 1. The van der Waals surface area contributed by atoms with Crippen LogP contribution in [0.15, 0.2) is 48.5 Å². The fourth-order valence-corrected chi connectivity index (χ4v) is 3.91. The first-order valence-corrected chi connectivity index (χ1v) is 9.81. The van der Waals surface area contributed by atoms with Gasteiger partial charge in [0.25, 0.3) is 5.91 Å². The third kappa shape index (κ3) is 3.73. The van der Waals surface area contributed by atoms with Gasteiger partial charge in [-0.1, -0.05) is 48.0 Å². The van der Waals surface area contributed by atoms with E-state index in [1.165, 1.54) is 0 Å². The first-order valence-electron chi connectivity index (χ1n) is 9.38. The van der Waals surface area contributed by atoms with Gasteiger partial charge in [0.1, 0.15) is 16.4 Å². The summed E-state index contributed by atoms with van der Waals surface area (Å²) in [5.41, 5.74) is 0.809. The van der Waals surface area contributed by atoms with E-state index in [0.29, 0.717) is 16.8 Å². The lowest BCUT2D eigenvalue weighted by atomic mass is 9.72. The zero-order valence-electron chi connectivity index (χ0n) is 16.9. The molecule has 150 valence electrons. The molecule has 1 heterocycles. The standard InChI is InChI=1S/C23H23ClN2O3/c1-15-9-11-16(12-10-15)23(13-17(24)14-25)18-7-5-6-8-19(18)26(20(23)27)21(28)29-22(2,3)4/h5-12,17H,13H2,1-4H3/t17-,23+/m0/s1. The lowest BCUT2D eigenvalue weighted by molar-refractivity contribution is -0.121. The van der Waals surface area contributed by atoms with E-state index in [-0.39, 0.29) is 6.42 Å². The maximum atomic E-state index is 13.8. The predicted molar refractivity (Wildman–Crippen MR) is 112 cm³/mol. The van der Waals surface area contributed by atoms with Gasteiger partial charge in [-0.05, 0) is 51.3 Å². The van der Waals surface area contributed by atoms with Crippen molar-refractivity contribution in [1.29, 1.82) is 5.26 Å². The van der Waals surface area contributed by atoms with Crippen molar-refractivity contribution in [1.82, 2.24) is 0 Å². The number of fused-ring (bicyclic) bond motifs is 1. The van der Waals surface area contributed by atoms with Crippen LogP contribution in [0.3, 0.4) is 0 Å². The number of halogens is 1. The Bertz CT molecular complexity index is 988. The number of aryl methyl sites for hydroxylation is 1. The molecule has 2 aromatic carbocycles. The summed E-state index contributed by atoms with van der Waals surface area (Å²) in [6, 6.07) is 16.6. The van der Waals surface area contributed by atoms with Crippen molar-refractivity contribution in [2.75, 3.05) is 4.90 Å². The Hall–Kier alpha value is -2.84. The number of nitrogens with zero attached hydrogens (tertiary/aromatic N) is 2. The molecule has 0 aliphatic carbocycles. The third-order valence-corrected chi connectivity index (χ3v) is 5.17. The van der Waals surface area contributed by atoms with Crippen molar-refractivity contribution in [3.05, 3.63) is 65.2 Å². The van der Waals surface area contributed by atoms with Crippen molar-refractivity contribution < 1.29 is 14.3 Å². The Balaban J connectivity index is 2.23. The molecule has 0 radical (unpaired) electrons. The van der Waals surface area contributed by atoms with Crippen LogP contribution in [-0.4, -0.2) is 23.0 Å². The van der Waals surface area contributed by atoms with Gasteiger partial charge in [0.15, 0.2) is 0 Å². The number of imide groups is 1. The Labute approximate surface area is 175 Å². The van der Waals surface area contributed by atoms with E-state index in [1.807, 2.05) is 43.3 Å². The second-order valence-electron chi connectivity index (χ2n) is 8.21. The molecule has 0 spiro atoms. The SMILES string of the molecule is Cc1ccc([C@@]2(C[C@H](Cl)C#N)C(=O)N(C(=O)OC(C)(C)C)c3ccccc32)cc1. The Morgan fingerprint density at radius 1 is 1.21 bits per heavy atom. The average molecular weight is 411 g/mol. The maximum absolute atomic E-state index is 13.8. The molecule has 0 bridgehead atoms. The van der Waals surface area contributed by atoms with Crippen LogP contribution < -0.4 is 4.90 Å². The van der Waals surface area contributed by atoms with Crippen LogP contribution in [0.25, 0.3) is 0 Å². The van der Waals surface area contributed by atoms with Crippen LogP contribution in [0.4, 0.5) is 10.5 Å². The van der Waals surface area contributed by atoms with Gasteiger partial charge < -0.3 is 4.74 Å². The van der Waals surface area contributed by atoms with Gasteiger partial charge in [0.2, 0.25) is 0 Å².